The molecule has 9 nitrogen and oxygen atoms in total. The van der Waals surface area contributed by atoms with E-state index in [2.05, 4.69) is 31.1 Å². The van der Waals surface area contributed by atoms with Gasteiger partial charge >= 0.3 is 5.97 Å². The highest BCUT2D eigenvalue weighted by Crippen LogP contribution is 2.40. The van der Waals surface area contributed by atoms with E-state index in [0.29, 0.717) is 10.8 Å². The van der Waals surface area contributed by atoms with Gasteiger partial charge in [0.2, 0.25) is 5.91 Å². The van der Waals surface area contributed by atoms with Gasteiger partial charge in [0.25, 0.3) is 5.91 Å². The number of anilines is 1. The highest BCUT2D eigenvalue weighted by atomic mass is 79.9. The van der Waals surface area contributed by atoms with E-state index in [1.54, 1.807) is 24.3 Å². The number of hydrazone groups is 1. The van der Waals surface area contributed by atoms with Crippen molar-refractivity contribution in [2.75, 3.05) is 12.0 Å². The number of methoxy groups -OCH3 is 1. The van der Waals surface area contributed by atoms with Crippen molar-refractivity contribution in [3.8, 4) is 0 Å². The molecule has 0 aromatic heterocycles. The zero-order chi connectivity index (χ0) is 17.5. The quantitative estimate of drug-likeness (QED) is 0.435. The summed E-state index contributed by atoms with van der Waals surface area (Å²) < 4.78 is 5.35. The average molecular weight is 395 g/mol. The maximum atomic E-state index is 12.9. The van der Waals surface area contributed by atoms with Crippen molar-refractivity contribution >= 4 is 45.1 Å². The largest absolute Gasteiger partial charge is 0.464 e. The molecular weight excluding hydrogens is 384 g/mol. The van der Waals surface area contributed by atoms with Crippen LogP contribution in [0.2, 0.25) is 0 Å². The molecule has 1 saturated heterocycles. The first-order valence-corrected chi connectivity index (χ1v) is 7.64. The Morgan fingerprint density at radius 2 is 1.96 bits per heavy atom. The highest BCUT2D eigenvalue weighted by molar-refractivity contribution is 9.10. The van der Waals surface area contributed by atoms with Crippen molar-refractivity contribution in [1.29, 1.82) is 0 Å². The summed E-state index contributed by atoms with van der Waals surface area (Å²) in [6.07, 6.45) is -0.527. The first kappa shape index (κ1) is 16.2. The zero-order valence-electron chi connectivity index (χ0n) is 12.4. The number of benzene rings is 1. The van der Waals surface area contributed by atoms with Gasteiger partial charge in [-0.3, -0.25) is 9.59 Å². The van der Waals surface area contributed by atoms with Gasteiger partial charge in [-0.2, -0.15) is 0 Å². The number of hydrogen-bond donors (Lipinski definition) is 0. The molecule has 0 bridgehead atoms. The van der Waals surface area contributed by atoms with Crippen molar-refractivity contribution in [2.24, 2.45) is 10.4 Å². The van der Waals surface area contributed by atoms with Crippen LogP contribution in [0.15, 0.2) is 39.1 Å². The number of rotatable bonds is 3. The molecule has 1 unspecified atom stereocenters. The predicted octanol–water partition coefficient (Wildman–Crippen LogP) is 1.37. The monoisotopic (exact) mass is 394 g/mol. The second-order valence-electron chi connectivity index (χ2n) is 5.31. The van der Waals surface area contributed by atoms with Crippen LogP contribution in [0, 0.1) is 4.91 Å². The zero-order valence-corrected chi connectivity index (χ0v) is 14.0. The van der Waals surface area contributed by atoms with Crippen LogP contribution in [-0.2, 0) is 19.1 Å². The molecule has 1 spiro atoms. The Bertz CT molecular complexity index is 778. The van der Waals surface area contributed by atoms with Gasteiger partial charge < -0.3 is 4.74 Å². The van der Waals surface area contributed by atoms with Gasteiger partial charge in [0.15, 0.2) is 11.3 Å². The maximum Gasteiger partial charge on any atom is 0.354 e. The predicted molar refractivity (Wildman–Crippen MR) is 85.7 cm³/mol. The van der Waals surface area contributed by atoms with Crippen molar-refractivity contribution < 1.29 is 19.1 Å². The van der Waals surface area contributed by atoms with E-state index >= 15 is 0 Å². The van der Waals surface area contributed by atoms with Gasteiger partial charge in [0.05, 0.1) is 24.5 Å². The van der Waals surface area contributed by atoms with Crippen molar-refractivity contribution in [3.05, 3.63) is 33.6 Å². The first-order valence-electron chi connectivity index (χ1n) is 6.85. The molecule has 2 heterocycles. The third kappa shape index (κ3) is 2.30. The van der Waals surface area contributed by atoms with Crippen LogP contribution in [0.25, 0.3) is 0 Å². The Labute approximate surface area is 144 Å². The Kier molecular flexibility index (Phi) is 3.91. The van der Waals surface area contributed by atoms with Crippen LogP contribution >= 0.6 is 15.9 Å². The minimum Gasteiger partial charge on any atom is -0.464 e. The fourth-order valence-corrected chi connectivity index (χ4v) is 3.06. The molecule has 2 amide bonds. The molecule has 0 radical (unpaired) electrons. The Hall–Kier alpha value is -2.62. The lowest BCUT2D eigenvalue weighted by atomic mass is 9.92. The van der Waals surface area contributed by atoms with E-state index in [9.17, 15) is 19.3 Å². The van der Waals surface area contributed by atoms with Crippen molar-refractivity contribution in [2.45, 2.75) is 18.4 Å². The number of nitrogens with zero attached hydrogens (tertiary/aromatic N) is 4. The number of hydrogen-bond acceptors (Lipinski definition) is 7. The molecule has 1 aromatic carbocycles. The standard InChI is InChI=1S/C14H11BrN4O5/c1-24-12(21)10-6-14(19(16-10)17-23)7-11(20)18(13(14)22)9-4-2-8(15)3-5-9/h2-5H,6-7H2,1H3. The summed E-state index contributed by atoms with van der Waals surface area (Å²) >= 11 is 3.27. The van der Waals surface area contributed by atoms with Gasteiger partial charge in [-0.15, -0.1) is 15.1 Å². The third-order valence-electron chi connectivity index (χ3n) is 3.94. The van der Waals surface area contributed by atoms with Gasteiger partial charge in [-0.1, -0.05) is 15.9 Å². The molecule has 2 aliphatic rings. The van der Waals surface area contributed by atoms with Gasteiger partial charge in [0.1, 0.15) is 0 Å². The summed E-state index contributed by atoms with van der Waals surface area (Å²) in [5, 5.41) is 7.02. The lowest BCUT2D eigenvalue weighted by Crippen LogP contribution is -2.48. The van der Waals surface area contributed by atoms with Crippen LogP contribution in [0.1, 0.15) is 12.8 Å². The van der Waals surface area contributed by atoms with Gasteiger partial charge in [-0.25, -0.2) is 9.69 Å². The van der Waals surface area contributed by atoms with E-state index in [1.807, 2.05) is 0 Å². The highest BCUT2D eigenvalue weighted by Gasteiger charge is 2.61. The fourth-order valence-electron chi connectivity index (χ4n) is 2.79. The molecular formula is C14H11BrN4O5. The Morgan fingerprint density at radius 1 is 1.29 bits per heavy atom. The first-order chi connectivity index (χ1) is 11.4. The van der Waals surface area contributed by atoms with Crippen molar-refractivity contribution in [3.63, 3.8) is 0 Å². The smallest absolute Gasteiger partial charge is 0.354 e. The van der Waals surface area contributed by atoms with Crippen LogP contribution in [-0.4, -0.2) is 41.3 Å². The normalized spacial score (nSPS) is 23.0. The SMILES string of the molecule is COC(=O)C1=NN(N=O)C2(CC(=O)N(c3ccc(Br)cc3)C2=O)C1. The summed E-state index contributed by atoms with van der Waals surface area (Å²) in [6.45, 7) is 0. The van der Waals surface area contributed by atoms with Gasteiger partial charge in [-0.05, 0) is 24.3 Å². The lowest BCUT2D eigenvalue weighted by Gasteiger charge is -2.24. The molecule has 10 heteroatoms. The van der Waals surface area contributed by atoms with Crippen molar-refractivity contribution in [1.82, 2.24) is 5.12 Å². The number of carbonyl (C=O) groups excluding carboxylic acids is 3. The Morgan fingerprint density at radius 3 is 2.54 bits per heavy atom. The van der Waals surface area contributed by atoms with E-state index in [4.69, 9.17) is 0 Å². The fraction of sp³-hybridized carbons (Fsp3) is 0.286. The molecule has 2 aliphatic heterocycles. The van der Waals surface area contributed by atoms with Crippen LogP contribution in [0.4, 0.5) is 5.69 Å². The summed E-state index contributed by atoms with van der Waals surface area (Å²) in [4.78, 5) is 49.0. The van der Waals surface area contributed by atoms with E-state index in [1.165, 1.54) is 0 Å². The number of ether oxygens (including phenoxy) is 1. The van der Waals surface area contributed by atoms with E-state index in [-0.39, 0.29) is 18.6 Å². The molecule has 1 fully saturated rings. The summed E-state index contributed by atoms with van der Waals surface area (Å²) in [6, 6.07) is 6.55. The number of amides is 2. The number of imide groups is 1. The van der Waals surface area contributed by atoms with Gasteiger partial charge in [0, 0.05) is 10.9 Å². The lowest BCUT2D eigenvalue weighted by molar-refractivity contribution is -0.132. The average Bonchev–Trinajstić information content (AvgIpc) is 3.06. The van der Waals surface area contributed by atoms with E-state index < -0.39 is 23.3 Å². The summed E-state index contributed by atoms with van der Waals surface area (Å²) in [5.74, 6) is -1.93. The Balaban J connectivity index is 1.97. The van der Waals surface area contributed by atoms with Crippen LogP contribution < -0.4 is 4.90 Å². The number of nitroso groups, excluding NO2 is 1. The molecule has 0 saturated carbocycles. The minimum absolute atomic E-state index is 0.129. The van der Waals surface area contributed by atoms with E-state index in [0.717, 1.165) is 16.5 Å². The molecule has 24 heavy (non-hydrogen) atoms. The number of carbonyl (C=O) groups is 3. The van der Waals surface area contributed by atoms with Crippen LogP contribution in [0.3, 0.4) is 0 Å². The molecule has 0 aliphatic carbocycles. The topological polar surface area (TPSA) is 109 Å². The molecule has 3 rings (SSSR count). The summed E-state index contributed by atoms with van der Waals surface area (Å²) in [5.41, 5.74) is -1.38. The molecule has 124 valence electrons. The summed E-state index contributed by atoms with van der Waals surface area (Å²) in [7, 11) is 1.16. The number of esters is 1. The molecule has 0 N–H and O–H groups in total. The number of halogens is 1. The van der Waals surface area contributed by atoms with Crippen LogP contribution in [0.5, 0.6) is 0 Å². The molecule has 1 aromatic rings. The molecule has 1 atom stereocenters. The maximum absolute atomic E-state index is 12.9. The second kappa shape index (κ2) is 5.78. The minimum atomic E-state index is -1.62. The third-order valence-corrected chi connectivity index (χ3v) is 4.46. The second-order valence-corrected chi connectivity index (χ2v) is 6.22.